The fraction of sp³-hybridized carbons (Fsp3) is 0.591. The number of para-hydroxylation sites is 2. The Balaban J connectivity index is 1.24. The molecule has 3 heterocycles. The van der Waals surface area contributed by atoms with Gasteiger partial charge in [-0.25, -0.2) is 4.98 Å². The van der Waals surface area contributed by atoms with Gasteiger partial charge in [-0.15, -0.1) is 0 Å². The topological polar surface area (TPSA) is 87.6 Å². The lowest BCUT2D eigenvalue weighted by molar-refractivity contribution is -0.181. The van der Waals surface area contributed by atoms with Crippen LogP contribution in [0, 0.1) is 5.92 Å². The fourth-order valence-electron chi connectivity index (χ4n) is 4.66. The normalized spacial score (nSPS) is 29.2. The first-order valence-corrected chi connectivity index (χ1v) is 10.6. The second kappa shape index (κ2) is 6.92. The number of aliphatic hydroxyl groups is 1. The predicted octanol–water partition coefficient (Wildman–Crippen LogP) is 2.03. The number of carbonyl (C=O) groups is 1. The minimum atomic E-state index is -0.965. The Hall–Kier alpha value is -2.25. The maximum absolute atomic E-state index is 12.1. The Morgan fingerprint density at radius 3 is 2.66 bits per heavy atom. The minimum absolute atomic E-state index is 0.0551. The zero-order valence-corrected chi connectivity index (χ0v) is 16.8. The average molecular weight is 396 g/mol. The van der Waals surface area contributed by atoms with Crippen LogP contribution in [0.2, 0.25) is 0 Å². The summed E-state index contributed by atoms with van der Waals surface area (Å²) in [5, 5.41) is 14.1. The van der Waals surface area contributed by atoms with Crippen LogP contribution in [-0.4, -0.2) is 57.9 Å². The van der Waals surface area contributed by atoms with Gasteiger partial charge in [-0.1, -0.05) is 12.1 Å². The Labute approximate surface area is 170 Å². The quantitative estimate of drug-likeness (QED) is 0.826. The number of aromatic nitrogens is 2. The molecule has 1 saturated carbocycles. The molecule has 154 valence electrons. The minimum Gasteiger partial charge on any atom is -0.388 e. The van der Waals surface area contributed by atoms with Crippen molar-refractivity contribution in [3.8, 4) is 0 Å². The molecule has 1 aromatic heterocycles. The van der Waals surface area contributed by atoms with Crippen LogP contribution in [0.1, 0.15) is 39.0 Å². The van der Waals surface area contributed by atoms with Crippen molar-refractivity contribution in [1.82, 2.24) is 15.3 Å². The number of rotatable bonds is 3. The summed E-state index contributed by atoms with van der Waals surface area (Å²) >= 11 is 0. The van der Waals surface area contributed by atoms with Gasteiger partial charge < -0.3 is 20.1 Å². The van der Waals surface area contributed by atoms with Crippen LogP contribution in [0.15, 0.2) is 30.5 Å². The number of carbonyl (C=O) groups excluding carboxylic acids is 1. The molecule has 1 spiro atoms. The molecular formula is C22H28N4O3. The summed E-state index contributed by atoms with van der Waals surface area (Å²) in [4.78, 5) is 23.6. The molecule has 7 nitrogen and oxygen atoms in total. The third kappa shape index (κ3) is 3.69. The van der Waals surface area contributed by atoms with Crippen molar-refractivity contribution in [3.63, 3.8) is 0 Å². The number of hydrogen-bond donors (Lipinski definition) is 2. The first-order valence-electron chi connectivity index (χ1n) is 10.6. The monoisotopic (exact) mass is 396 g/mol. The number of piperidine rings is 1. The molecule has 2 atom stereocenters. The summed E-state index contributed by atoms with van der Waals surface area (Å²) in [7, 11) is 0. The highest BCUT2D eigenvalue weighted by molar-refractivity contribution is 5.81. The lowest BCUT2D eigenvalue weighted by Gasteiger charge is -2.51. The first kappa shape index (κ1) is 18.8. The van der Waals surface area contributed by atoms with Gasteiger partial charge in [0.25, 0.3) is 0 Å². The zero-order chi connectivity index (χ0) is 20.1. The molecule has 29 heavy (non-hydrogen) atoms. The van der Waals surface area contributed by atoms with Crippen LogP contribution in [0.3, 0.4) is 0 Å². The number of amides is 1. The molecule has 7 heteroatoms. The van der Waals surface area contributed by atoms with Gasteiger partial charge in [-0.2, -0.15) is 0 Å². The molecule has 3 fully saturated rings. The molecule has 2 aliphatic heterocycles. The van der Waals surface area contributed by atoms with E-state index >= 15 is 0 Å². The van der Waals surface area contributed by atoms with E-state index in [2.05, 4.69) is 15.2 Å². The molecular weight excluding hydrogens is 368 g/mol. The summed E-state index contributed by atoms with van der Waals surface area (Å²) in [6.45, 7) is 3.81. The number of nitrogens with one attached hydrogen (secondary N) is 1. The van der Waals surface area contributed by atoms with Crippen LogP contribution < -0.4 is 10.2 Å². The molecule has 0 bridgehead atoms. The van der Waals surface area contributed by atoms with Gasteiger partial charge in [-0.3, -0.25) is 9.78 Å². The highest BCUT2D eigenvalue weighted by Crippen LogP contribution is 2.40. The molecule has 0 radical (unpaired) electrons. The highest BCUT2D eigenvalue weighted by Gasteiger charge is 2.50. The van der Waals surface area contributed by atoms with Crippen molar-refractivity contribution in [2.45, 2.75) is 56.3 Å². The summed E-state index contributed by atoms with van der Waals surface area (Å²) in [6.07, 6.45) is 5.92. The molecule has 2 saturated heterocycles. The van der Waals surface area contributed by atoms with Crippen LogP contribution in [0.25, 0.3) is 11.0 Å². The van der Waals surface area contributed by atoms with Gasteiger partial charge in [0.15, 0.2) is 0 Å². The van der Waals surface area contributed by atoms with Crippen molar-refractivity contribution in [3.05, 3.63) is 30.5 Å². The SMILES string of the molecule is C[C@]1(O)CC2(CCN(c3cnc4ccccc4n3)CC2)OC[C@@H]1NC(=O)C1CC1. The van der Waals surface area contributed by atoms with E-state index in [1.54, 1.807) is 0 Å². The molecule has 0 unspecified atom stereocenters. The third-order valence-corrected chi connectivity index (χ3v) is 6.69. The van der Waals surface area contributed by atoms with E-state index in [0.717, 1.165) is 55.6 Å². The van der Waals surface area contributed by atoms with E-state index in [0.29, 0.717) is 13.0 Å². The Morgan fingerprint density at radius 1 is 1.24 bits per heavy atom. The number of benzene rings is 1. The first-order chi connectivity index (χ1) is 13.9. The van der Waals surface area contributed by atoms with E-state index in [9.17, 15) is 9.90 Å². The van der Waals surface area contributed by atoms with Gasteiger partial charge >= 0.3 is 0 Å². The van der Waals surface area contributed by atoms with Crippen molar-refractivity contribution in [2.24, 2.45) is 5.92 Å². The lowest BCUT2D eigenvalue weighted by atomic mass is 9.75. The van der Waals surface area contributed by atoms with Gasteiger partial charge in [-0.05, 0) is 44.7 Å². The summed E-state index contributed by atoms with van der Waals surface area (Å²) in [6, 6.07) is 7.55. The lowest BCUT2D eigenvalue weighted by Crippen LogP contribution is -2.64. The summed E-state index contributed by atoms with van der Waals surface area (Å²) in [5.41, 5.74) is 0.491. The average Bonchev–Trinajstić information content (AvgIpc) is 3.55. The van der Waals surface area contributed by atoms with E-state index in [1.807, 2.05) is 37.4 Å². The van der Waals surface area contributed by atoms with E-state index < -0.39 is 5.60 Å². The van der Waals surface area contributed by atoms with Gasteiger partial charge in [0.1, 0.15) is 5.82 Å². The molecule has 1 amide bonds. The molecule has 1 aliphatic carbocycles. The van der Waals surface area contributed by atoms with E-state index in [1.165, 1.54) is 0 Å². The second-order valence-electron chi connectivity index (χ2n) is 9.07. The van der Waals surface area contributed by atoms with Crippen molar-refractivity contribution in [2.75, 3.05) is 24.6 Å². The van der Waals surface area contributed by atoms with Crippen molar-refractivity contribution < 1.29 is 14.6 Å². The van der Waals surface area contributed by atoms with Crippen molar-refractivity contribution >= 4 is 22.8 Å². The molecule has 2 N–H and O–H groups in total. The smallest absolute Gasteiger partial charge is 0.223 e. The largest absolute Gasteiger partial charge is 0.388 e. The Morgan fingerprint density at radius 2 is 1.97 bits per heavy atom. The molecule has 5 rings (SSSR count). The van der Waals surface area contributed by atoms with Crippen molar-refractivity contribution in [1.29, 1.82) is 0 Å². The molecule has 2 aromatic rings. The van der Waals surface area contributed by atoms with Crippen LogP contribution >= 0.6 is 0 Å². The van der Waals surface area contributed by atoms with Crippen LogP contribution in [0.5, 0.6) is 0 Å². The van der Waals surface area contributed by atoms with Gasteiger partial charge in [0, 0.05) is 25.4 Å². The van der Waals surface area contributed by atoms with Gasteiger partial charge in [0.2, 0.25) is 5.91 Å². The molecule has 3 aliphatic rings. The number of anilines is 1. The maximum Gasteiger partial charge on any atom is 0.223 e. The summed E-state index contributed by atoms with van der Waals surface area (Å²) in [5.74, 6) is 1.07. The fourth-order valence-corrected chi connectivity index (χ4v) is 4.66. The molecule has 1 aromatic carbocycles. The Kier molecular flexibility index (Phi) is 4.47. The summed E-state index contributed by atoms with van der Waals surface area (Å²) < 4.78 is 6.27. The number of ether oxygens (including phenoxy) is 1. The van der Waals surface area contributed by atoms with Crippen LogP contribution in [-0.2, 0) is 9.53 Å². The van der Waals surface area contributed by atoms with E-state index in [-0.39, 0.29) is 23.5 Å². The third-order valence-electron chi connectivity index (χ3n) is 6.69. The predicted molar refractivity (Wildman–Crippen MR) is 110 cm³/mol. The Bertz CT molecular complexity index is 919. The maximum atomic E-state index is 12.1. The van der Waals surface area contributed by atoms with E-state index in [4.69, 9.17) is 9.72 Å². The van der Waals surface area contributed by atoms with Crippen LogP contribution in [0.4, 0.5) is 5.82 Å². The zero-order valence-electron chi connectivity index (χ0n) is 16.8. The highest BCUT2D eigenvalue weighted by atomic mass is 16.5. The number of fused-ring (bicyclic) bond motifs is 1. The standard InChI is InChI=1S/C22H28N4O3/c1-21(28)14-22(29-13-18(21)25-20(27)15-6-7-15)8-10-26(11-9-22)19-12-23-16-4-2-3-5-17(16)24-19/h2-5,12,15,18,28H,6-11,13-14H2,1H3,(H,25,27)/t18-,21-/m0/s1. The second-order valence-corrected chi connectivity index (χ2v) is 9.07. The number of nitrogens with zero attached hydrogens (tertiary/aromatic N) is 3. The van der Waals surface area contributed by atoms with Gasteiger partial charge in [0.05, 0.1) is 41.1 Å². The number of hydrogen-bond acceptors (Lipinski definition) is 6.